The smallest absolute Gasteiger partial charge is 0.234 e. The van der Waals surface area contributed by atoms with E-state index in [0.29, 0.717) is 5.16 Å². The third kappa shape index (κ3) is 4.91. The number of aromatic amines is 1. The van der Waals surface area contributed by atoms with E-state index in [2.05, 4.69) is 43.2 Å². The zero-order valence-electron chi connectivity index (χ0n) is 17.4. The van der Waals surface area contributed by atoms with Crippen LogP contribution in [-0.2, 0) is 4.79 Å². The van der Waals surface area contributed by atoms with Gasteiger partial charge in [0.2, 0.25) is 5.91 Å². The minimum absolute atomic E-state index is 0.0961. The van der Waals surface area contributed by atoms with Gasteiger partial charge >= 0.3 is 0 Å². The van der Waals surface area contributed by atoms with Gasteiger partial charge in [0.15, 0.2) is 5.16 Å². The molecule has 0 spiro atoms. The van der Waals surface area contributed by atoms with Gasteiger partial charge in [-0.2, -0.15) is 5.10 Å². The lowest BCUT2D eigenvalue weighted by Crippen LogP contribution is -2.15. The monoisotopic (exact) mass is 495 g/mol. The van der Waals surface area contributed by atoms with E-state index in [0.717, 1.165) is 38.5 Å². The number of halogens is 1. The molecule has 0 radical (unpaired) electrons. The normalized spacial score (nSPS) is 11.0. The molecule has 2 heterocycles. The Morgan fingerprint density at radius 3 is 2.52 bits per heavy atom. The molecule has 0 saturated heterocycles. The van der Waals surface area contributed by atoms with E-state index in [1.165, 1.54) is 17.3 Å². The zero-order valence-corrected chi connectivity index (χ0v) is 19.8. The van der Waals surface area contributed by atoms with E-state index in [9.17, 15) is 4.79 Å². The van der Waals surface area contributed by atoms with E-state index in [1.54, 1.807) is 6.20 Å². The van der Waals surface area contributed by atoms with Gasteiger partial charge in [0.25, 0.3) is 0 Å². The zero-order chi connectivity index (χ0) is 22.0. The number of nitrogens with one attached hydrogen (secondary N) is 2. The molecule has 6 nitrogen and oxygen atoms in total. The molecule has 158 valence electrons. The van der Waals surface area contributed by atoms with Gasteiger partial charge in [-0.15, -0.1) is 0 Å². The third-order valence-electron chi connectivity index (χ3n) is 4.88. The van der Waals surface area contributed by atoms with Crippen molar-refractivity contribution in [2.45, 2.75) is 25.9 Å². The molecule has 31 heavy (non-hydrogen) atoms. The molecule has 1 amide bonds. The summed E-state index contributed by atoms with van der Waals surface area (Å²) in [6.07, 6.45) is 1.78. The quantitative estimate of drug-likeness (QED) is 0.337. The minimum Gasteiger partial charge on any atom is -0.333 e. The highest BCUT2D eigenvalue weighted by molar-refractivity contribution is 9.10. The predicted molar refractivity (Wildman–Crippen MR) is 129 cm³/mol. The van der Waals surface area contributed by atoms with Crippen LogP contribution < -0.4 is 5.32 Å². The van der Waals surface area contributed by atoms with E-state index >= 15 is 0 Å². The number of imidazole rings is 1. The number of hydrogen-bond acceptors (Lipinski definition) is 4. The average Bonchev–Trinajstić information content (AvgIpc) is 3.34. The van der Waals surface area contributed by atoms with E-state index in [1.807, 2.05) is 67.1 Å². The molecule has 2 N–H and O–H groups in total. The second-order valence-corrected chi connectivity index (χ2v) is 9.12. The van der Waals surface area contributed by atoms with Crippen LogP contribution in [0.1, 0.15) is 17.0 Å². The van der Waals surface area contributed by atoms with Crippen LogP contribution in [0.15, 0.2) is 64.4 Å². The number of carbonyl (C=O) groups is 1. The van der Waals surface area contributed by atoms with Gasteiger partial charge in [-0.25, -0.2) is 9.67 Å². The van der Waals surface area contributed by atoms with Gasteiger partial charge in [-0.3, -0.25) is 4.79 Å². The van der Waals surface area contributed by atoms with Crippen molar-refractivity contribution in [2.75, 3.05) is 11.1 Å². The van der Waals surface area contributed by atoms with E-state index in [4.69, 9.17) is 0 Å². The molecule has 8 heteroatoms. The standard InChI is InChI=1S/C23H22BrN5OS/c1-14-4-10-19(11-5-14)29-16(3)22(15(2)28-29)27-21(30)13-31-23-25-12-20(26-23)17-6-8-18(24)9-7-17/h4-12H,13H2,1-3H3,(H,25,26)(H,27,30). The maximum atomic E-state index is 12.6. The van der Waals surface area contributed by atoms with Crippen molar-refractivity contribution >= 4 is 39.3 Å². The second-order valence-electron chi connectivity index (χ2n) is 7.24. The van der Waals surface area contributed by atoms with Crippen LogP contribution in [0.4, 0.5) is 5.69 Å². The Balaban J connectivity index is 1.40. The fourth-order valence-corrected chi connectivity index (χ4v) is 4.14. The molecule has 0 bridgehead atoms. The number of aryl methyl sites for hydroxylation is 2. The summed E-state index contributed by atoms with van der Waals surface area (Å²) in [7, 11) is 0. The Morgan fingerprint density at radius 2 is 1.81 bits per heavy atom. The summed E-state index contributed by atoms with van der Waals surface area (Å²) >= 11 is 4.81. The van der Waals surface area contributed by atoms with E-state index in [-0.39, 0.29) is 11.7 Å². The summed E-state index contributed by atoms with van der Waals surface area (Å²) in [4.78, 5) is 20.2. The van der Waals surface area contributed by atoms with Crippen LogP contribution in [0.25, 0.3) is 16.9 Å². The lowest BCUT2D eigenvalue weighted by atomic mass is 10.2. The Labute approximate surface area is 193 Å². The highest BCUT2D eigenvalue weighted by atomic mass is 79.9. The number of aromatic nitrogens is 4. The molecular weight excluding hydrogens is 474 g/mol. The SMILES string of the molecule is Cc1ccc(-n2nc(C)c(NC(=O)CSc3ncc(-c4ccc(Br)cc4)[nH]3)c2C)cc1. The first kappa shape index (κ1) is 21.4. The number of nitrogens with zero attached hydrogens (tertiary/aromatic N) is 3. The number of anilines is 1. The van der Waals surface area contributed by atoms with Gasteiger partial charge in [0.1, 0.15) is 0 Å². The van der Waals surface area contributed by atoms with E-state index < -0.39 is 0 Å². The summed E-state index contributed by atoms with van der Waals surface area (Å²) in [6, 6.07) is 16.1. The average molecular weight is 496 g/mol. The Morgan fingerprint density at radius 1 is 1.10 bits per heavy atom. The van der Waals surface area contributed by atoms with Crippen molar-refractivity contribution in [3.63, 3.8) is 0 Å². The topological polar surface area (TPSA) is 75.6 Å². The van der Waals surface area contributed by atoms with Crippen LogP contribution in [0, 0.1) is 20.8 Å². The largest absolute Gasteiger partial charge is 0.333 e. The van der Waals surface area contributed by atoms with Crippen molar-refractivity contribution in [1.82, 2.24) is 19.7 Å². The summed E-state index contributed by atoms with van der Waals surface area (Å²) < 4.78 is 2.88. The van der Waals surface area contributed by atoms with Crippen LogP contribution in [0.5, 0.6) is 0 Å². The summed E-state index contributed by atoms with van der Waals surface area (Å²) in [5, 5.41) is 8.31. The second kappa shape index (κ2) is 9.11. The fourth-order valence-electron chi connectivity index (χ4n) is 3.22. The maximum Gasteiger partial charge on any atom is 0.234 e. The summed E-state index contributed by atoms with van der Waals surface area (Å²) in [5.41, 5.74) is 6.56. The first-order valence-electron chi connectivity index (χ1n) is 9.77. The van der Waals surface area contributed by atoms with Crippen molar-refractivity contribution in [1.29, 1.82) is 0 Å². The maximum absolute atomic E-state index is 12.6. The Kier molecular flexibility index (Phi) is 6.29. The molecule has 2 aromatic heterocycles. The molecule has 2 aromatic carbocycles. The van der Waals surface area contributed by atoms with Crippen molar-refractivity contribution in [3.8, 4) is 16.9 Å². The van der Waals surface area contributed by atoms with Gasteiger partial charge in [-0.05, 0) is 50.6 Å². The van der Waals surface area contributed by atoms with Crippen molar-refractivity contribution in [2.24, 2.45) is 0 Å². The molecule has 0 aliphatic carbocycles. The van der Waals surface area contributed by atoms with Gasteiger partial charge < -0.3 is 10.3 Å². The number of H-pyrrole nitrogens is 1. The first-order chi connectivity index (χ1) is 14.9. The Bertz CT molecular complexity index is 1210. The molecule has 0 atom stereocenters. The van der Waals surface area contributed by atoms with Crippen LogP contribution >= 0.6 is 27.7 Å². The van der Waals surface area contributed by atoms with Crippen LogP contribution in [-0.4, -0.2) is 31.4 Å². The fraction of sp³-hybridized carbons (Fsp3) is 0.174. The molecule has 0 fully saturated rings. The Hall–Kier alpha value is -2.84. The number of benzene rings is 2. The number of carbonyl (C=O) groups excluding carboxylic acids is 1. The molecule has 4 rings (SSSR count). The number of hydrogen-bond donors (Lipinski definition) is 2. The summed E-state index contributed by atoms with van der Waals surface area (Å²) in [5.74, 6) is 0.156. The first-order valence-corrected chi connectivity index (χ1v) is 11.6. The van der Waals surface area contributed by atoms with Crippen molar-refractivity contribution in [3.05, 3.63) is 76.2 Å². The molecule has 0 aliphatic heterocycles. The highest BCUT2D eigenvalue weighted by Gasteiger charge is 2.16. The summed E-state index contributed by atoms with van der Waals surface area (Å²) in [6.45, 7) is 5.91. The highest BCUT2D eigenvalue weighted by Crippen LogP contribution is 2.25. The van der Waals surface area contributed by atoms with Crippen molar-refractivity contribution < 1.29 is 4.79 Å². The van der Waals surface area contributed by atoms with Gasteiger partial charge in [-0.1, -0.05) is 57.5 Å². The third-order valence-corrected chi connectivity index (χ3v) is 6.30. The number of amides is 1. The van der Waals surface area contributed by atoms with Crippen LogP contribution in [0.2, 0.25) is 0 Å². The predicted octanol–water partition coefficient (Wildman–Crippen LogP) is 5.68. The van der Waals surface area contributed by atoms with Gasteiger partial charge in [0, 0.05) is 4.47 Å². The lowest BCUT2D eigenvalue weighted by molar-refractivity contribution is -0.113. The molecule has 0 saturated carbocycles. The lowest BCUT2D eigenvalue weighted by Gasteiger charge is -2.07. The molecule has 0 aliphatic rings. The number of rotatable bonds is 6. The molecule has 0 unspecified atom stereocenters. The minimum atomic E-state index is -0.0961. The molecule has 4 aromatic rings. The number of thioether (sulfide) groups is 1. The van der Waals surface area contributed by atoms with Crippen LogP contribution in [0.3, 0.4) is 0 Å². The molecular formula is C23H22BrN5OS. The van der Waals surface area contributed by atoms with Gasteiger partial charge in [0.05, 0.1) is 40.4 Å².